The number of carbonyl (C=O) groups is 1. The number of allylic oxidation sites excluding steroid dienone is 1. The van der Waals surface area contributed by atoms with E-state index < -0.39 is 5.82 Å². The fourth-order valence-corrected chi connectivity index (χ4v) is 1.56. The Morgan fingerprint density at radius 3 is 2.84 bits per heavy atom. The molecule has 0 unspecified atom stereocenters. The first-order valence-electron chi connectivity index (χ1n) is 5.66. The molecule has 0 aliphatic rings. The molecule has 4 heteroatoms. The van der Waals surface area contributed by atoms with Gasteiger partial charge in [0, 0.05) is 18.0 Å². The van der Waals surface area contributed by atoms with E-state index in [4.69, 9.17) is 4.74 Å². The molecule has 0 radical (unpaired) electrons. The Bertz CT molecular complexity index is 609. The molecule has 19 heavy (non-hydrogen) atoms. The Morgan fingerprint density at radius 2 is 2.21 bits per heavy atom. The lowest BCUT2D eigenvalue weighted by Crippen LogP contribution is -1.97. The highest BCUT2D eigenvalue weighted by Gasteiger charge is 2.07. The van der Waals surface area contributed by atoms with Crippen LogP contribution in [0.15, 0.2) is 48.8 Å². The smallest absolute Gasteiger partial charge is 0.185 e. The van der Waals surface area contributed by atoms with Crippen molar-refractivity contribution in [2.24, 2.45) is 0 Å². The van der Waals surface area contributed by atoms with E-state index >= 15 is 0 Å². The molecule has 0 saturated heterocycles. The largest absolute Gasteiger partial charge is 0.494 e. The van der Waals surface area contributed by atoms with Gasteiger partial charge in [0.05, 0.1) is 7.11 Å². The fraction of sp³-hybridized carbons (Fsp3) is 0.0667. The highest BCUT2D eigenvalue weighted by atomic mass is 19.1. The molecule has 0 amide bonds. The van der Waals surface area contributed by atoms with Crippen molar-refractivity contribution in [1.29, 1.82) is 0 Å². The van der Waals surface area contributed by atoms with E-state index in [-0.39, 0.29) is 17.1 Å². The van der Waals surface area contributed by atoms with Crippen LogP contribution in [0.3, 0.4) is 0 Å². The number of ether oxygens (including phenoxy) is 1. The summed E-state index contributed by atoms with van der Waals surface area (Å²) in [5.74, 6) is -0.707. The Labute approximate surface area is 110 Å². The standard InChI is InChI=1S/C15H12FNO2/c1-19-15-7-5-12(9-13(15)16)14(18)6-4-11-3-2-8-17-10-11/h2-10H,1H3/b6-4+. The maximum Gasteiger partial charge on any atom is 0.185 e. The zero-order valence-corrected chi connectivity index (χ0v) is 10.3. The molecule has 3 nitrogen and oxygen atoms in total. The Hall–Kier alpha value is -2.49. The molecule has 0 aliphatic heterocycles. The second kappa shape index (κ2) is 5.91. The molecule has 96 valence electrons. The van der Waals surface area contributed by atoms with Gasteiger partial charge >= 0.3 is 0 Å². The molecule has 0 saturated carbocycles. The molecular weight excluding hydrogens is 245 g/mol. The van der Waals surface area contributed by atoms with Gasteiger partial charge in [-0.25, -0.2) is 4.39 Å². The van der Waals surface area contributed by atoms with Crippen molar-refractivity contribution >= 4 is 11.9 Å². The summed E-state index contributed by atoms with van der Waals surface area (Å²) in [6, 6.07) is 7.72. The van der Waals surface area contributed by atoms with E-state index in [2.05, 4.69) is 4.98 Å². The monoisotopic (exact) mass is 257 g/mol. The number of carbonyl (C=O) groups excluding carboxylic acids is 1. The van der Waals surface area contributed by atoms with Crippen LogP contribution in [0.4, 0.5) is 4.39 Å². The maximum absolute atomic E-state index is 13.5. The summed E-state index contributed by atoms with van der Waals surface area (Å²) >= 11 is 0. The molecule has 1 aromatic carbocycles. The summed E-state index contributed by atoms with van der Waals surface area (Å²) in [5, 5.41) is 0. The fourth-order valence-electron chi connectivity index (χ4n) is 1.56. The number of halogens is 1. The summed E-state index contributed by atoms with van der Waals surface area (Å²) in [6.45, 7) is 0. The van der Waals surface area contributed by atoms with Crippen molar-refractivity contribution in [2.45, 2.75) is 0 Å². The minimum atomic E-state index is -0.553. The average Bonchev–Trinajstić information content (AvgIpc) is 2.45. The highest BCUT2D eigenvalue weighted by Crippen LogP contribution is 2.18. The van der Waals surface area contributed by atoms with Gasteiger partial charge in [-0.05, 0) is 42.0 Å². The van der Waals surface area contributed by atoms with Crippen LogP contribution in [-0.4, -0.2) is 17.9 Å². The van der Waals surface area contributed by atoms with E-state index in [0.717, 1.165) is 11.6 Å². The van der Waals surface area contributed by atoms with Gasteiger partial charge in [0.1, 0.15) is 0 Å². The van der Waals surface area contributed by atoms with Crippen LogP contribution in [0.2, 0.25) is 0 Å². The number of hydrogen-bond donors (Lipinski definition) is 0. The Balaban J connectivity index is 2.16. The van der Waals surface area contributed by atoms with Crippen LogP contribution >= 0.6 is 0 Å². The first-order valence-corrected chi connectivity index (χ1v) is 5.66. The number of aromatic nitrogens is 1. The minimum absolute atomic E-state index is 0.118. The van der Waals surface area contributed by atoms with Gasteiger partial charge in [-0.3, -0.25) is 9.78 Å². The third-order valence-electron chi connectivity index (χ3n) is 2.55. The van der Waals surface area contributed by atoms with E-state index in [1.165, 1.54) is 25.3 Å². The van der Waals surface area contributed by atoms with E-state index in [9.17, 15) is 9.18 Å². The second-order valence-electron chi connectivity index (χ2n) is 3.83. The summed E-state index contributed by atoms with van der Waals surface area (Å²) < 4.78 is 18.3. The predicted octanol–water partition coefficient (Wildman–Crippen LogP) is 3.13. The zero-order chi connectivity index (χ0) is 13.7. The average molecular weight is 257 g/mol. The first-order chi connectivity index (χ1) is 9.20. The molecule has 0 aliphatic carbocycles. The summed E-state index contributed by atoms with van der Waals surface area (Å²) in [5.41, 5.74) is 1.09. The van der Waals surface area contributed by atoms with Gasteiger partial charge in [0.25, 0.3) is 0 Å². The Morgan fingerprint density at radius 1 is 1.37 bits per heavy atom. The minimum Gasteiger partial charge on any atom is -0.494 e. The maximum atomic E-state index is 13.5. The molecule has 0 fully saturated rings. The number of pyridine rings is 1. The second-order valence-corrected chi connectivity index (χ2v) is 3.83. The lowest BCUT2D eigenvalue weighted by atomic mass is 10.1. The molecule has 1 heterocycles. The van der Waals surface area contributed by atoms with Gasteiger partial charge in [0.2, 0.25) is 0 Å². The van der Waals surface area contributed by atoms with Gasteiger partial charge in [-0.2, -0.15) is 0 Å². The number of hydrogen-bond acceptors (Lipinski definition) is 3. The first kappa shape index (κ1) is 13.0. The molecular formula is C15H12FNO2. The van der Waals surface area contributed by atoms with Gasteiger partial charge in [-0.15, -0.1) is 0 Å². The summed E-state index contributed by atoms with van der Waals surface area (Å²) in [6.07, 6.45) is 6.31. The van der Waals surface area contributed by atoms with E-state index in [0.29, 0.717) is 0 Å². The lowest BCUT2D eigenvalue weighted by Gasteiger charge is -2.02. The third-order valence-corrected chi connectivity index (χ3v) is 2.55. The van der Waals surface area contributed by atoms with E-state index in [1.807, 2.05) is 6.07 Å². The molecule has 1 aromatic heterocycles. The number of methoxy groups -OCH3 is 1. The lowest BCUT2D eigenvalue weighted by molar-refractivity contribution is 0.104. The zero-order valence-electron chi connectivity index (χ0n) is 10.3. The number of rotatable bonds is 4. The molecule has 0 bridgehead atoms. The van der Waals surface area contributed by atoms with Crippen LogP contribution in [0, 0.1) is 5.82 Å². The molecule has 2 rings (SSSR count). The molecule has 0 N–H and O–H groups in total. The van der Waals surface area contributed by atoms with Crippen LogP contribution in [0.1, 0.15) is 15.9 Å². The van der Waals surface area contributed by atoms with Crippen molar-refractivity contribution in [3.05, 3.63) is 65.7 Å². The van der Waals surface area contributed by atoms with Crippen LogP contribution in [0.25, 0.3) is 6.08 Å². The normalized spacial score (nSPS) is 10.6. The van der Waals surface area contributed by atoms with Crippen molar-refractivity contribution in [1.82, 2.24) is 4.98 Å². The number of benzene rings is 1. The van der Waals surface area contributed by atoms with Crippen LogP contribution < -0.4 is 4.74 Å². The van der Waals surface area contributed by atoms with Gasteiger partial charge in [-0.1, -0.05) is 6.07 Å². The van der Waals surface area contributed by atoms with Gasteiger partial charge in [0.15, 0.2) is 17.3 Å². The SMILES string of the molecule is COc1ccc(C(=O)/C=C/c2cccnc2)cc1F. The summed E-state index contributed by atoms with van der Waals surface area (Å²) in [7, 11) is 1.38. The Kier molecular flexibility index (Phi) is 4.03. The molecule has 2 aromatic rings. The highest BCUT2D eigenvalue weighted by molar-refractivity contribution is 6.06. The van der Waals surface area contributed by atoms with Gasteiger partial charge < -0.3 is 4.74 Å². The molecule has 0 spiro atoms. The quantitative estimate of drug-likeness (QED) is 0.624. The number of ketones is 1. The number of nitrogens with zero attached hydrogens (tertiary/aromatic N) is 1. The predicted molar refractivity (Wildman–Crippen MR) is 70.6 cm³/mol. The topological polar surface area (TPSA) is 39.2 Å². The van der Waals surface area contributed by atoms with Crippen molar-refractivity contribution in [3.63, 3.8) is 0 Å². The molecule has 0 atom stereocenters. The third kappa shape index (κ3) is 3.25. The van der Waals surface area contributed by atoms with E-state index in [1.54, 1.807) is 24.5 Å². The van der Waals surface area contributed by atoms with Crippen molar-refractivity contribution in [2.75, 3.05) is 7.11 Å². The van der Waals surface area contributed by atoms with Crippen molar-refractivity contribution < 1.29 is 13.9 Å². The van der Waals surface area contributed by atoms with Crippen LogP contribution in [0.5, 0.6) is 5.75 Å². The van der Waals surface area contributed by atoms with Crippen molar-refractivity contribution in [3.8, 4) is 5.75 Å². The summed E-state index contributed by atoms with van der Waals surface area (Å²) in [4.78, 5) is 15.8. The van der Waals surface area contributed by atoms with Crippen LogP contribution in [-0.2, 0) is 0 Å².